The fraction of sp³-hybridized carbons (Fsp3) is 0.556. The maximum Gasteiger partial charge on any atom is 0.234 e. The molecule has 0 radical (unpaired) electrons. The van der Waals surface area contributed by atoms with Gasteiger partial charge in [-0.05, 0) is 49.4 Å². The molecule has 1 aliphatic rings. The Kier molecular flexibility index (Phi) is 6.59. The van der Waals surface area contributed by atoms with Crippen molar-refractivity contribution in [1.29, 1.82) is 0 Å². The molecule has 1 unspecified atom stereocenters. The van der Waals surface area contributed by atoms with Gasteiger partial charge < -0.3 is 16.0 Å². The SMILES string of the molecule is CCC(C)C(=O)Nc1cccc(CNC(=O)CNCC2CC2)c1. The molecule has 2 amide bonds. The van der Waals surface area contributed by atoms with E-state index < -0.39 is 0 Å². The van der Waals surface area contributed by atoms with Crippen LogP contribution >= 0.6 is 0 Å². The predicted molar refractivity (Wildman–Crippen MR) is 92.0 cm³/mol. The first-order chi connectivity index (χ1) is 11.1. The first kappa shape index (κ1) is 17.5. The molecule has 1 aromatic carbocycles. The summed E-state index contributed by atoms with van der Waals surface area (Å²) in [5, 5.41) is 8.97. The van der Waals surface area contributed by atoms with Crippen molar-refractivity contribution in [3.05, 3.63) is 29.8 Å². The topological polar surface area (TPSA) is 70.2 Å². The van der Waals surface area contributed by atoms with Crippen molar-refractivity contribution in [3.8, 4) is 0 Å². The van der Waals surface area contributed by atoms with Crippen molar-refractivity contribution in [2.24, 2.45) is 11.8 Å². The molecular formula is C18H27N3O2. The molecule has 1 aromatic rings. The second-order valence-corrected chi connectivity index (χ2v) is 6.35. The Labute approximate surface area is 138 Å². The molecule has 0 bridgehead atoms. The Hall–Kier alpha value is -1.88. The highest BCUT2D eigenvalue weighted by molar-refractivity contribution is 5.92. The van der Waals surface area contributed by atoms with E-state index in [-0.39, 0.29) is 17.7 Å². The van der Waals surface area contributed by atoms with Gasteiger partial charge in [-0.3, -0.25) is 9.59 Å². The van der Waals surface area contributed by atoms with Gasteiger partial charge in [-0.15, -0.1) is 0 Å². The van der Waals surface area contributed by atoms with Crippen LogP contribution in [0.4, 0.5) is 5.69 Å². The molecule has 0 spiro atoms. The average molecular weight is 317 g/mol. The van der Waals surface area contributed by atoms with Gasteiger partial charge in [0.25, 0.3) is 0 Å². The van der Waals surface area contributed by atoms with Gasteiger partial charge in [-0.1, -0.05) is 26.0 Å². The number of amides is 2. The fourth-order valence-electron chi connectivity index (χ4n) is 2.18. The van der Waals surface area contributed by atoms with E-state index in [1.807, 2.05) is 38.1 Å². The van der Waals surface area contributed by atoms with E-state index in [2.05, 4.69) is 16.0 Å². The standard InChI is InChI=1S/C18H27N3O2/c1-3-13(2)18(23)21-16-6-4-5-15(9-16)11-20-17(22)12-19-10-14-7-8-14/h4-6,9,13-14,19H,3,7-8,10-12H2,1-2H3,(H,20,22)(H,21,23). The van der Waals surface area contributed by atoms with Crippen LogP contribution < -0.4 is 16.0 Å². The van der Waals surface area contributed by atoms with Gasteiger partial charge in [0, 0.05) is 18.2 Å². The Morgan fingerprint density at radius 3 is 2.78 bits per heavy atom. The van der Waals surface area contributed by atoms with Crippen molar-refractivity contribution >= 4 is 17.5 Å². The minimum absolute atomic E-state index is 0.000283. The molecule has 1 atom stereocenters. The summed E-state index contributed by atoms with van der Waals surface area (Å²) < 4.78 is 0. The number of anilines is 1. The third kappa shape index (κ3) is 6.40. The number of hydrogen-bond donors (Lipinski definition) is 3. The Balaban J connectivity index is 1.75. The smallest absolute Gasteiger partial charge is 0.234 e. The molecule has 5 heteroatoms. The van der Waals surface area contributed by atoms with Crippen molar-refractivity contribution in [3.63, 3.8) is 0 Å². The first-order valence-electron chi connectivity index (χ1n) is 8.45. The van der Waals surface area contributed by atoms with E-state index in [0.717, 1.165) is 30.1 Å². The molecule has 1 aliphatic carbocycles. The third-order valence-corrected chi connectivity index (χ3v) is 4.16. The lowest BCUT2D eigenvalue weighted by Gasteiger charge is -2.11. The predicted octanol–water partition coefficient (Wildman–Crippen LogP) is 2.29. The average Bonchev–Trinajstić information content (AvgIpc) is 3.36. The second kappa shape index (κ2) is 8.67. The summed E-state index contributed by atoms with van der Waals surface area (Å²) in [7, 11) is 0. The van der Waals surface area contributed by atoms with Crippen LogP contribution in [0.1, 0.15) is 38.7 Å². The molecular weight excluding hydrogens is 290 g/mol. The summed E-state index contributed by atoms with van der Waals surface area (Å²) in [5.41, 5.74) is 1.75. The Bertz CT molecular complexity index is 541. The molecule has 5 nitrogen and oxygen atoms in total. The number of benzene rings is 1. The molecule has 0 heterocycles. The largest absolute Gasteiger partial charge is 0.351 e. The molecule has 3 N–H and O–H groups in total. The molecule has 23 heavy (non-hydrogen) atoms. The summed E-state index contributed by atoms with van der Waals surface area (Å²) in [6, 6.07) is 7.59. The van der Waals surface area contributed by atoms with Crippen LogP contribution in [-0.4, -0.2) is 24.9 Å². The van der Waals surface area contributed by atoms with Crippen LogP contribution in [0, 0.1) is 11.8 Å². The summed E-state index contributed by atoms with van der Waals surface area (Å²) >= 11 is 0. The van der Waals surface area contributed by atoms with Gasteiger partial charge in [0.2, 0.25) is 11.8 Å². The van der Waals surface area contributed by atoms with E-state index in [4.69, 9.17) is 0 Å². The molecule has 1 saturated carbocycles. The quantitative estimate of drug-likeness (QED) is 0.654. The van der Waals surface area contributed by atoms with E-state index in [1.54, 1.807) is 0 Å². The number of nitrogens with one attached hydrogen (secondary N) is 3. The van der Waals surface area contributed by atoms with Crippen LogP contribution in [0.5, 0.6) is 0 Å². The third-order valence-electron chi connectivity index (χ3n) is 4.16. The minimum atomic E-state index is -0.00380. The fourth-order valence-corrected chi connectivity index (χ4v) is 2.18. The monoisotopic (exact) mass is 317 g/mol. The summed E-state index contributed by atoms with van der Waals surface area (Å²) in [6.07, 6.45) is 3.38. The Morgan fingerprint density at radius 2 is 2.09 bits per heavy atom. The van der Waals surface area contributed by atoms with Crippen molar-refractivity contribution in [2.75, 3.05) is 18.4 Å². The lowest BCUT2D eigenvalue weighted by Crippen LogP contribution is -2.34. The van der Waals surface area contributed by atoms with Crippen molar-refractivity contribution in [2.45, 2.75) is 39.7 Å². The van der Waals surface area contributed by atoms with Crippen LogP contribution in [-0.2, 0) is 16.1 Å². The first-order valence-corrected chi connectivity index (χ1v) is 8.45. The summed E-state index contributed by atoms with van der Waals surface area (Å²) in [4.78, 5) is 23.7. The normalized spacial score (nSPS) is 15.0. The summed E-state index contributed by atoms with van der Waals surface area (Å²) in [6.45, 7) is 5.67. The van der Waals surface area contributed by atoms with Crippen LogP contribution in [0.25, 0.3) is 0 Å². The van der Waals surface area contributed by atoms with Crippen molar-refractivity contribution < 1.29 is 9.59 Å². The maximum atomic E-state index is 11.9. The number of hydrogen-bond acceptors (Lipinski definition) is 3. The van der Waals surface area contributed by atoms with Gasteiger partial charge in [0.1, 0.15) is 0 Å². The van der Waals surface area contributed by atoms with E-state index in [1.165, 1.54) is 12.8 Å². The van der Waals surface area contributed by atoms with Gasteiger partial charge in [-0.25, -0.2) is 0 Å². The molecule has 126 valence electrons. The zero-order valence-corrected chi connectivity index (χ0v) is 14.0. The zero-order chi connectivity index (χ0) is 16.7. The maximum absolute atomic E-state index is 11.9. The van der Waals surface area contributed by atoms with Crippen LogP contribution in [0.2, 0.25) is 0 Å². The van der Waals surface area contributed by atoms with Gasteiger partial charge in [-0.2, -0.15) is 0 Å². The molecule has 0 saturated heterocycles. The molecule has 0 aliphatic heterocycles. The molecule has 2 rings (SSSR count). The van der Waals surface area contributed by atoms with Gasteiger partial charge in [0.05, 0.1) is 6.54 Å². The van der Waals surface area contributed by atoms with E-state index in [0.29, 0.717) is 13.1 Å². The lowest BCUT2D eigenvalue weighted by atomic mass is 10.1. The van der Waals surface area contributed by atoms with Crippen molar-refractivity contribution in [1.82, 2.24) is 10.6 Å². The Morgan fingerprint density at radius 1 is 1.30 bits per heavy atom. The second-order valence-electron chi connectivity index (χ2n) is 6.35. The number of carbonyl (C=O) groups is 2. The number of carbonyl (C=O) groups excluding carboxylic acids is 2. The molecule has 0 aromatic heterocycles. The highest BCUT2D eigenvalue weighted by Crippen LogP contribution is 2.27. The van der Waals surface area contributed by atoms with Gasteiger partial charge >= 0.3 is 0 Å². The van der Waals surface area contributed by atoms with E-state index >= 15 is 0 Å². The van der Waals surface area contributed by atoms with E-state index in [9.17, 15) is 9.59 Å². The zero-order valence-electron chi connectivity index (χ0n) is 14.0. The lowest BCUT2D eigenvalue weighted by molar-refractivity contribution is -0.120. The number of rotatable bonds is 9. The van der Waals surface area contributed by atoms with Gasteiger partial charge in [0.15, 0.2) is 0 Å². The van der Waals surface area contributed by atoms with Crippen LogP contribution in [0.3, 0.4) is 0 Å². The van der Waals surface area contributed by atoms with Crippen LogP contribution in [0.15, 0.2) is 24.3 Å². The molecule has 1 fully saturated rings. The minimum Gasteiger partial charge on any atom is -0.351 e. The highest BCUT2D eigenvalue weighted by atomic mass is 16.2. The highest BCUT2D eigenvalue weighted by Gasteiger charge is 2.20. The summed E-state index contributed by atoms with van der Waals surface area (Å²) in [5.74, 6) is 0.794.